The molecule has 0 saturated carbocycles. The molecule has 0 spiro atoms. The lowest BCUT2D eigenvalue weighted by Gasteiger charge is -2.13. The van der Waals surface area contributed by atoms with Crippen molar-refractivity contribution in [2.45, 2.75) is 10.9 Å². The highest BCUT2D eigenvalue weighted by Gasteiger charge is 2.11. The minimum atomic E-state index is -0.0516. The predicted octanol–water partition coefficient (Wildman–Crippen LogP) is 4.68. The Hall–Kier alpha value is -1.55. The summed E-state index contributed by atoms with van der Waals surface area (Å²) in [6.45, 7) is 0. The molecule has 2 nitrogen and oxygen atoms in total. The summed E-state index contributed by atoms with van der Waals surface area (Å²) in [5.74, 6) is 0.803. The third kappa shape index (κ3) is 3.38. The molecule has 106 valence electrons. The van der Waals surface area contributed by atoms with E-state index < -0.39 is 0 Å². The molecule has 0 aliphatic rings. The molecule has 0 saturated heterocycles. The first-order chi connectivity index (χ1) is 10.2. The van der Waals surface area contributed by atoms with Gasteiger partial charge < -0.3 is 5.73 Å². The van der Waals surface area contributed by atoms with E-state index in [2.05, 4.69) is 23.2 Å². The standard InChI is InChI=1S/C17H15ClN2S/c18-13-6-8-14(9-7-13)21-11-16(19)15-5-1-3-12-4-2-10-20-17(12)15/h1-10,16H,11,19H2. The molecule has 1 heterocycles. The Morgan fingerprint density at radius 2 is 1.81 bits per heavy atom. The van der Waals surface area contributed by atoms with Crippen molar-refractivity contribution in [3.8, 4) is 0 Å². The second-order valence-corrected chi connectivity index (χ2v) is 6.32. The lowest BCUT2D eigenvalue weighted by Crippen LogP contribution is -2.13. The highest BCUT2D eigenvalue weighted by Crippen LogP contribution is 2.27. The second-order valence-electron chi connectivity index (χ2n) is 4.79. The highest BCUT2D eigenvalue weighted by molar-refractivity contribution is 7.99. The van der Waals surface area contributed by atoms with Crippen molar-refractivity contribution in [2.75, 3.05) is 5.75 Å². The van der Waals surface area contributed by atoms with E-state index in [-0.39, 0.29) is 6.04 Å². The summed E-state index contributed by atoms with van der Waals surface area (Å²) in [5.41, 5.74) is 8.43. The maximum absolute atomic E-state index is 6.35. The fourth-order valence-electron chi connectivity index (χ4n) is 2.23. The van der Waals surface area contributed by atoms with Crippen LogP contribution in [-0.2, 0) is 0 Å². The number of pyridine rings is 1. The molecule has 0 fully saturated rings. The number of fused-ring (bicyclic) bond motifs is 1. The Labute approximate surface area is 133 Å². The summed E-state index contributed by atoms with van der Waals surface area (Å²) < 4.78 is 0. The van der Waals surface area contributed by atoms with Crippen LogP contribution in [0.4, 0.5) is 0 Å². The van der Waals surface area contributed by atoms with Crippen LogP contribution in [0.3, 0.4) is 0 Å². The summed E-state index contributed by atoms with van der Waals surface area (Å²) in [6.07, 6.45) is 1.81. The van der Waals surface area contributed by atoms with Crippen LogP contribution >= 0.6 is 23.4 Å². The average Bonchev–Trinajstić information content (AvgIpc) is 2.53. The van der Waals surface area contributed by atoms with Gasteiger partial charge in [-0.15, -0.1) is 11.8 Å². The molecule has 0 radical (unpaired) electrons. The Kier molecular flexibility index (Phi) is 4.44. The third-order valence-corrected chi connectivity index (χ3v) is 4.69. The Morgan fingerprint density at radius 3 is 2.62 bits per heavy atom. The molecule has 2 aromatic carbocycles. The predicted molar refractivity (Wildman–Crippen MR) is 90.8 cm³/mol. The van der Waals surface area contributed by atoms with Gasteiger partial charge in [-0.05, 0) is 35.9 Å². The Bertz CT molecular complexity index is 738. The van der Waals surface area contributed by atoms with Crippen molar-refractivity contribution in [1.29, 1.82) is 0 Å². The fourth-order valence-corrected chi connectivity index (χ4v) is 3.24. The van der Waals surface area contributed by atoms with Gasteiger partial charge in [0.2, 0.25) is 0 Å². The molecular weight excluding hydrogens is 300 g/mol. The molecular formula is C17H15ClN2S. The van der Waals surface area contributed by atoms with Crippen LogP contribution in [0.1, 0.15) is 11.6 Å². The molecule has 0 aliphatic heterocycles. The van der Waals surface area contributed by atoms with Crippen LogP contribution < -0.4 is 5.73 Å². The van der Waals surface area contributed by atoms with Crippen LogP contribution in [0, 0.1) is 0 Å². The van der Waals surface area contributed by atoms with Crippen LogP contribution in [-0.4, -0.2) is 10.7 Å². The van der Waals surface area contributed by atoms with Gasteiger partial charge in [-0.3, -0.25) is 4.98 Å². The third-order valence-electron chi connectivity index (χ3n) is 3.31. The maximum atomic E-state index is 6.35. The summed E-state index contributed by atoms with van der Waals surface area (Å²) in [5, 5.41) is 1.88. The lowest BCUT2D eigenvalue weighted by atomic mass is 10.0. The molecule has 21 heavy (non-hydrogen) atoms. The van der Waals surface area contributed by atoms with Gasteiger partial charge in [-0.25, -0.2) is 0 Å². The highest BCUT2D eigenvalue weighted by atomic mass is 35.5. The van der Waals surface area contributed by atoms with Crippen molar-refractivity contribution in [3.05, 3.63) is 71.4 Å². The molecule has 2 N–H and O–H groups in total. The number of thioether (sulfide) groups is 1. The summed E-state index contributed by atoms with van der Waals surface area (Å²) in [7, 11) is 0. The van der Waals surface area contributed by atoms with Gasteiger partial charge in [-0.2, -0.15) is 0 Å². The lowest BCUT2D eigenvalue weighted by molar-refractivity contribution is 0.837. The number of hydrogen-bond donors (Lipinski definition) is 1. The van der Waals surface area contributed by atoms with Gasteiger partial charge in [0.15, 0.2) is 0 Å². The number of nitrogens with zero attached hydrogens (tertiary/aromatic N) is 1. The number of benzene rings is 2. The first-order valence-corrected chi connectivity index (χ1v) is 8.08. The second kappa shape index (κ2) is 6.48. The number of halogens is 1. The number of aromatic nitrogens is 1. The van der Waals surface area contributed by atoms with Crippen molar-refractivity contribution >= 4 is 34.3 Å². The van der Waals surface area contributed by atoms with E-state index in [9.17, 15) is 0 Å². The molecule has 0 aliphatic carbocycles. The first-order valence-electron chi connectivity index (χ1n) is 6.71. The molecule has 3 aromatic rings. The maximum Gasteiger partial charge on any atom is 0.0749 e. The molecule has 1 atom stereocenters. The zero-order valence-electron chi connectivity index (χ0n) is 11.4. The van der Waals surface area contributed by atoms with E-state index in [4.69, 9.17) is 17.3 Å². The van der Waals surface area contributed by atoms with E-state index in [0.29, 0.717) is 0 Å². The van der Waals surface area contributed by atoms with Gasteiger partial charge in [-0.1, -0.05) is 35.9 Å². The van der Waals surface area contributed by atoms with Crippen LogP contribution in [0.25, 0.3) is 10.9 Å². The smallest absolute Gasteiger partial charge is 0.0749 e. The van der Waals surface area contributed by atoms with E-state index in [1.807, 2.05) is 42.6 Å². The SMILES string of the molecule is NC(CSc1ccc(Cl)cc1)c1cccc2cccnc12. The summed E-state index contributed by atoms with van der Waals surface area (Å²) in [4.78, 5) is 5.63. The van der Waals surface area contributed by atoms with Gasteiger partial charge in [0.1, 0.15) is 0 Å². The van der Waals surface area contributed by atoms with Crippen molar-refractivity contribution < 1.29 is 0 Å². The molecule has 4 heteroatoms. The van der Waals surface area contributed by atoms with E-state index in [1.165, 1.54) is 4.90 Å². The minimum Gasteiger partial charge on any atom is -0.323 e. The van der Waals surface area contributed by atoms with E-state index >= 15 is 0 Å². The van der Waals surface area contributed by atoms with Crippen LogP contribution in [0.15, 0.2) is 65.7 Å². The van der Waals surface area contributed by atoms with Crippen molar-refractivity contribution in [3.63, 3.8) is 0 Å². The quantitative estimate of drug-likeness (QED) is 0.711. The normalized spacial score (nSPS) is 12.5. The van der Waals surface area contributed by atoms with Crippen LogP contribution in [0.2, 0.25) is 5.02 Å². The van der Waals surface area contributed by atoms with Crippen LogP contribution in [0.5, 0.6) is 0 Å². The zero-order valence-corrected chi connectivity index (χ0v) is 12.9. The molecule has 1 unspecified atom stereocenters. The number of nitrogens with two attached hydrogens (primary N) is 1. The Morgan fingerprint density at radius 1 is 1.05 bits per heavy atom. The minimum absolute atomic E-state index is 0.0516. The zero-order chi connectivity index (χ0) is 14.7. The number of hydrogen-bond acceptors (Lipinski definition) is 3. The fraction of sp³-hybridized carbons (Fsp3) is 0.118. The summed E-state index contributed by atoms with van der Waals surface area (Å²) >= 11 is 7.62. The molecule has 1 aromatic heterocycles. The molecule has 0 bridgehead atoms. The Balaban J connectivity index is 1.78. The average molecular weight is 315 g/mol. The van der Waals surface area contributed by atoms with Gasteiger partial charge in [0.25, 0.3) is 0 Å². The van der Waals surface area contributed by atoms with Gasteiger partial charge in [0, 0.05) is 33.3 Å². The first kappa shape index (κ1) is 14.4. The number of para-hydroxylation sites is 1. The van der Waals surface area contributed by atoms with E-state index in [0.717, 1.165) is 27.2 Å². The molecule has 3 rings (SSSR count). The number of rotatable bonds is 4. The summed E-state index contributed by atoms with van der Waals surface area (Å²) in [6, 6.07) is 17.9. The monoisotopic (exact) mass is 314 g/mol. The largest absolute Gasteiger partial charge is 0.323 e. The van der Waals surface area contributed by atoms with Gasteiger partial charge in [0.05, 0.1) is 5.52 Å². The van der Waals surface area contributed by atoms with Crippen molar-refractivity contribution in [1.82, 2.24) is 4.98 Å². The van der Waals surface area contributed by atoms with E-state index in [1.54, 1.807) is 11.8 Å². The van der Waals surface area contributed by atoms with Gasteiger partial charge >= 0.3 is 0 Å². The van der Waals surface area contributed by atoms with Crippen molar-refractivity contribution in [2.24, 2.45) is 5.73 Å². The topological polar surface area (TPSA) is 38.9 Å². The molecule has 0 amide bonds.